The maximum absolute atomic E-state index is 8.79. The van der Waals surface area contributed by atoms with Crippen molar-refractivity contribution in [1.82, 2.24) is 0 Å². The first-order chi connectivity index (χ1) is 10.3. The Bertz CT molecular complexity index is 694. The molecular weight excluding hydrogens is 260 g/mol. The fraction of sp³-hybridized carbons (Fsp3) is 0.222. The van der Waals surface area contributed by atoms with Crippen LogP contribution in [0.5, 0.6) is 5.75 Å². The van der Waals surface area contributed by atoms with Gasteiger partial charge in [0, 0.05) is 0 Å². The molecule has 3 nitrogen and oxygen atoms in total. The molecule has 0 aliphatic carbocycles. The lowest BCUT2D eigenvalue weighted by Crippen LogP contribution is -2.16. The first-order valence-electron chi connectivity index (χ1n) is 7.08. The van der Waals surface area contributed by atoms with Crippen LogP contribution in [0.15, 0.2) is 47.5 Å². The van der Waals surface area contributed by atoms with E-state index in [2.05, 4.69) is 11.1 Å². The van der Waals surface area contributed by atoms with Gasteiger partial charge in [-0.2, -0.15) is 5.26 Å². The van der Waals surface area contributed by atoms with Gasteiger partial charge < -0.3 is 4.74 Å². The van der Waals surface area contributed by atoms with E-state index in [1.165, 1.54) is 0 Å². The number of rotatable bonds is 1. The van der Waals surface area contributed by atoms with Gasteiger partial charge in [-0.15, -0.1) is 0 Å². The Kier molecular flexibility index (Phi) is 4.73. The van der Waals surface area contributed by atoms with E-state index < -0.39 is 0 Å². The number of aliphatic imine (C=N–C) groups is 1. The quantitative estimate of drug-likeness (QED) is 0.775. The summed E-state index contributed by atoms with van der Waals surface area (Å²) in [6, 6.07) is 15.5. The van der Waals surface area contributed by atoms with Crippen LogP contribution in [0.1, 0.15) is 30.5 Å². The van der Waals surface area contributed by atoms with Crippen molar-refractivity contribution in [1.29, 1.82) is 5.26 Å². The molecule has 0 N–H and O–H groups in total. The second-order valence-electron chi connectivity index (χ2n) is 4.51. The highest BCUT2D eigenvalue weighted by Gasteiger charge is 2.14. The van der Waals surface area contributed by atoms with Gasteiger partial charge in [0.2, 0.25) is 0 Å². The molecule has 3 rings (SSSR count). The molecule has 0 saturated carbocycles. The smallest absolute Gasteiger partial charge is 0.145 e. The molecule has 1 aliphatic heterocycles. The molecule has 1 aliphatic rings. The van der Waals surface area contributed by atoms with Gasteiger partial charge in [0.15, 0.2) is 0 Å². The molecule has 1 heterocycles. The van der Waals surface area contributed by atoms with Crippen LogP contribution in [0.25, 0.3) is 0 Å². The first-order valence-corrected chi connectivity index (χ1v) is 7.08. The Morgan fingerprint density at radius 2 is 1.81 bits per heavy atom. The Morgan fingerprint density at radius 1 is 1.10 bits per heavy atom. The Morgan fingerprint density at radius 3 is 2.48 bits per heavy atom. The zero-order valence-electron chi connectivity index (χ0n) is 12.6. The number of benzene rings is 2. The van der Waals surface area contributed by atoms with E-state index in [0.717, 1.165) is 28.3 Å². The molecule has 0 atom stereocenters. The van der Waals surface area contributed by atoms with Gasteiger partial charge in [-0.3, -0.25) is 0 Å². The van der Waals surface area contributed by atoms with Gasteiger partial charge in [-0.1, -0.05) is 32.0 Å². The van der Waals surface area contributed by atoms with Gasteiger partial charge in [0.25, 0.3) is 0 Å². The SMILES string of the molecule is CC.Cc1ccc2c(c1)OCC(c1ccc(C#N)cc1)=N2. The average molecular weight is 278 g/mol. The third-order valence-corrected chi connectivity index (χ3v) is 3.08. The lowest BCUT2D eigenvalue weighted by atomic mass is 10.1. The summed E-state index contributed by atoms with van der Waals surface area (Å²) in [7, 11) is 0. The largest absolute Gasteiger partial charge is 0.485 e. The Labute approximate surface area is 125 Å². The Hall–Kier alpha value is -2.60. The van der Waals surface area contributed by atoms with E-state index in [-0.39, 0.29) is 0 Å². The van der Waals surface area contributed by atoms with Crippen molar-refractivity contribution in [2.45, 2.75) is 20.8 Å². The molecule has 0 bridgehead atoms. The molecule has 3 heteroatoms. The predicted octanol–water partition coefficient (Wildman–Crippen LogP) is 4.41. The lowest BCUT2D eigenvalue weighted by molar-refractivity contribution is 0.372. The summed E-state index contributed by atoms with van der Waals surface area (Å²) in [5.74, 6) is 0.831. The molecule has 0 spiro atoms. The minimum atomic E-state index is 0.461. The Balaban J connectivity index is 0.000000774. The third kappa shape index (κ3) is 3.29. The monoisotopic (exact) mass is 278 g/mol. The van der Waals surface area contributed by atoms with Crippen LogP contribution < -0.4 is 4.74 Å². The van der Waals surface area contributed by atoms with Crippen molar-refractivity contribution in [3.05, 3.63) is 59.2 Å². The maximum atomic E-state index is 8.79. The number of hydrogen-bond acceptors (Lipinski definition) is 3. The number of fused-ring (bicyclic) bond motifs is 1. The summed E-state index contributed by atoms with van der Waals surface area (Å²) in [5.41, 5.74) is 4.55. The van der Waals surface area contributed by atoms with Crippen molar-refractivity contribution in [2.24, 2.45) is 4.99 Å². The molecular formula is C18H18N2O. The summed E-state index contributed by atoms with van der Waals surface area (Å²) in [6.45, 7) is 6.49. The molecule has 21 heavy (non-hydrogen) atoms. The molecule has 106 valence electrons. The van der Waals surface area contributed by atoms with Crippen LogP contribution in [-0.2, 0) is 0 Å². The van der Waals surface area contributed by atoms with Gasteiger partial charge in [0.05, 0.1) is 17.3 Å². The van der Waals surface area contributed by atoms with Crippen LogP contribution in [0.4, 0.5) is 5.69 Å². The molecule has 0 amide bonds. The topological polar surface area (TPSA) is 45.4 Å². The first kappa shape index (κ1) is 14.8. The maximum Gasteiger partial charge on any atom is 0.145 e. The zero-order chi connectivity index (χ0) is 15.2. The normalized spacial score (nSPS) is 12.0. The minimum Gasteiger partial charge on any atom is -0.485 e. The van der Waals surface area contributed by atoms with Gasteiger partial charge in [0.1, 0.15) is 18.0 Å². The molecule has 0 fully saturated rings. The summed E-state index contributed by atoms with van der Waals surface area (Å²) >= 11 is 0. The van der Waals surface area contributed by atoms with E-state index in [4.69, 9.17) is 10.00 Å². The van der Waals surface area contributed by atoms with E-state index in [1.807, 2.05) is 51.1 Å². The van der Waals surface area contributed by atoms with Gasteiger partial charge >= 0.3 is 0 Å². The highest BCUT2D eigenvalue weighted by Crippen LogP contribution is 2.32. The van der Waals surface area contributed by atoms with E-state index >= 15 is 0 Å². The highest BCUT2D eigenvalue weighted by molar-refractivity contribution is 6.04. The molecule has 0 saturated heterocycles. The average Bonchev–Trinajstić information content (AvgIpc) is 2.56. The molecule has 2 aromatic carbocycles. The van der Waals surface area contributed by atoms with Crippen LogP contribution >= 0.6 is 0 Å². The van der Waals surface area contributed by atoms with Crippen LogP contribution in [-0.4, -0.2) is 12.3 Å². The van der Waals surface area contributed by atoms with E-state index in [9.17, 15) is 0 Å². The summed E-state index contributed by atoms with van der Waals surface area (Å²) in [4.78, 5) is 4.62. The molecule has 2 aromatic rings. The molecule has 0 radical (unpaired) electrons. The van der Waals surface area contributed by atoms with Crippen LogP contribution in [0.3, 0.4) is 0 Å². The second-order valence-corrected chi connectivity index (χ2v) is 4.51. The third-order valence-electron chi connectivity index (χ3n) is 3.08. The fourth-order valence-electron chi connectivity index (χ4n) is 2.04. The lowest BCUT2D eigenvalue weighted by Gasteiger charge is -2.17. The van der Waals surface area contributed by atoms with Crippen LogP contribution in [0.2, 0.25) is 0 Å². The molecule has 0 unspecified atom stereocenters. The summed E-state index contributed by atoms with van der Waals surface area (Å²) in [5, 5.41) is 8.79. The standard InChI is InChI=1S/C16H12N2O.C2H6/c1-11-2-7-14-16(8-11)19-10-15(18-14)13-5-3-12(9-17)4-6-13;1-2/h2-8H,10H2,1H3;1-2H3. The van der Waals surface area contributed by atoms with Crippen molar-refractivity contribution >= 4 is 11.4 Å². The van der Waals surface area contributed by atoms with Gasteiger partial charge in [-0.05, 0) is 42.3 Å². The van der Waals surface area contributed by atoms with Crippen molar-refractivity contribution in [3.8, 4) is 11.8 Å². The number of hydrogen-bond donors (Lipinski definition) is 0. The summed E-state index contributed by atoms with van der Waals surface area (Å²) < 4.78 is 5.73. The van der Waals surface area contributed by atoms with Crippen molar-refractivity contribution < 1.29 is 4.74 Å². The zero-order valence-corrected chi connectivity index (χ0v) is 12.6. The molecule has 0 aromatic heterocycles. The number of aryl methyl sites for hydroxylation is 1. The van der Waals surface area contributed by atoms with Crippen molar-refractivity contribution in [2.75, 3.05) is 6.61 Å². The number of nitriles is 1. The van der Waals surface area contributed by atoms with Crippen molar-refractivity contribution in [3.63, 3.8) is 0 Å². The summed E-state index contributed by atoms with van der Waals surface area (Å²) in [6.07, 6.45) is 0. The van der Waals surface area contributed by atoms with Crippen LogP contribution in [0, 0.1) is 18.3 Å². The highest BCUT2D eigenvalue weighted by atomic mass is 16.5. The predicted molar refractivity (Wildman–Crippen MR) is 85.4 cm³/mol. The van der Waals surface area contributed by atoms with Gasteiger partial charge in [-0.25, -0.2) is 4.99 Å². The minimum absolute atomic E-state index is 0.461. The second kappa shape index (κ2) is 6.71. The number of ether oxygens (including phenoxy) is 1. The van der Waals surface area contributed by atoms with E-state index in [1.54, 1.807) is 12.1 Å². The number of nitrogens with zero attached hydrogens (tertiary/aromatic N) is 2. The fourth-order valence-corrected chi connectivity index (χ4v) is 2.04. The van der Waals surface area contributed by atoms with E-state index in [0.29, 0.717) is 12.2 Å².